The second-order valence-electron chi connectivity index (χ2n) is 7.47. The van der Waals surface area contributed by atoms with Crippen molar-refractivity contribution in [3.8, 4) is 28.7 Å². The number of aromatic carboxylic acids is 1. The first-order chi connectivity index (χ1) is 16.4. The van der Waals surface area contributed by atoms with Crippen LogP contribution in [0.4, 0.5) is 10.5 Å². The van der Waals surface area contributed by atoms with Crippen LogP contribution in [0.15, 0.2) is 66.7 Å². The first kappa shape index (κ1) is 22.4. The zero-order valence-corrected chi connectivity index (χ0v) is 17.9. The molecule has 0 atom stereocenters. The molecule has 0 saturated heterocycles. The van der Waals surface area contributed by atoms with Crippen LogP contribution in [-0.2, 0) is 9.53 Å². The molecule has 4 N–H and O–H groups in total. The summed E-state index contributed by atoms with van der Waals surface area (Å²) in [5, 5.41) is 23.5. The van der Waals surface area contributed by atoms with Crippen LogP contribution in [0.3, 0.4) is 0 Å². The maximum Gasteiger partial charge on any atom is 0.407 e. The number of phenolic OH excluding ortho intramolecular Hbond substituents is 1. The Bertz CT molecular complexity index is 1290. The third kappa shape index (κ3) is 4.84. The second-order valence-corrected chi connectivity index (χ2v) is 7.47. The van der Waals surface area contributed by atoms with Crippen LogP contribution in [0.5, 0.6) is 5.75 Å². The Morgan fingerprint density at radius 3 is 2.24 bits per heavy atom. The van der Waals surface area contributed by atoms with E-state index < -0.39 is 18.0 Å². The number of phenols is 1. The molecule has 8 nitrogen and oxygen atoms in total. The minimum absolute atomic E-state index is 0.0655. The molecular weight excluding hydrogens is 436 g/mol. The highest BCUT2D eigenvalue weighted by atomic mass is 16.5. The van der Waals surface area contributed by atoms with Gasteiger partial charge in [-0.3, -0.25) is 4.79 Å². The maximum absolute atomic E-state index is 12.1. The molecule has 4 rings (SSSR count). The topological polar surface area (TPSA) is 125 Å². The van der Waals surface area contributed by atoms with E-state index in [1.54, 1.807) is 0 Å². The summed E-state index contributed by atoms with van der Waals surface area (Å²) < 4.78 is 5.39. The largest absolute Gasteiger partial charge is 0.506 e. The van der Waals surface area contributed by atoms with E-state index in [1.807, 2.05) is 48.5 Å². The number of fused-ring (bicyclic) bond motifs is 3. The van der Waals surface area contributed by atoms with Crippen LogP contribution in [0.1, 0.15) is 27.4 Å². The Morgan fingerprint density at radius 2 is 1.59 bits per heavy atom. The molecule has 2 amide bonds. The van der Waals surface area contributed by atoms with E-state index >= 15 is 0 Å². The van der Waals surface area contributed by atoms with Crippen molar-refractivity contribution in [2.24, 2.45) is 0 Å². The number of benzene rings is 3. The lowest BCUT2D eigenvalue weighted by Gasteiger charge is -2.14. The Labute approximate surface area is 195 Å². The Hall–Kier alpha value is -4.77. The average Bonchev–Trinajstić information content (AvgIpc) is 3.15. The number of rotatable bonds is 5. The van der Waals surface area contributed by atoms with Gasteiger partial charge in [-0.05, 0) is 46.4 Å². The zero-order valence-electron chi connectivity index (χ0n) is 17.9. The number of aromatic hydroxyl groups is 1. The highest BCUT2D eigenvalue weighted by Crippen LogP contribution is 2.44. The smallest absolute Gasteiger partial charge is 0.407 e. The van der Waals surface area contributed by atoms with Gasteiger partial charge in [-0.25, -0.2) is 9.59 Å². The highest BCUT2D eigenvalue weighted by Gasteiger charge is 2.28. The van der Waals surface area contributed by atoms with Gasteiger partial charge in [0.05, 0.1) is 17.8 Å². The first-order valence-electron chi connectivity index (χ1n) is 10.4. The van der Waals surface area contributed by atoms with Gasteiger partial charge in [-0.2, -0.15) is 0 Å². The minimum atomic E-state index is -1.20. The molecule has 170 valence electrons. The molecule has 3 aromatic carbocycles. The van der Waals surface area contributed by atoms with Crippen molar-refractivity contribution < 1.29 is 29.3 Å². The molecule has 0 radical (unpaired) electrons. The summed E-state index contributed by atoms with van der Waals surface area (Å²) in [4.78, 5) is 35.1. The number of hydrogen-bond donors (Lipinski definition) is 4. The number of anilines is 1. The predicted molar refractivity (Wildman–Crippen MR) is 125 cm³/mol. The fraction of sp³-hybridized carbons (Fsp3) is 0.115. The molecule has 3 aromatic rings. The number of carboxylic acids is 1. The number of carboxylic acid groups (broad SMARTS) is 1. The van der Waals surface area contributed by atoms with Crippen LogP contribution < -0.4 is 10.6 Å². The van der Waals surface area contributed by atoms with Crippen molar-refractivity contribution in [1.29, 1.82) is 0 Å². The summed E-state index contributed by atoms with van der Waals surface area (Å²) in [5.41, 5.74) is 4.28. The molecule has 1 aliphatic rings. The van der Waals surface area contributed by atoms with Crippen molar-refractivity contribution in [3.63, 3.8) is 0 Å². The zero-order chi connectivity index (χ0) is 24.1. The van der Waals surface area contributed by atoms with Crippen molar-refractivity contribution in [2.45, 2.75) is 5.92 Å². The number of alkyl carbamates (subject to hydrolysis) is 1. The highest BCUT2D eigenvalue weighted by molar-refractivity contribution is 6.05. The molecule has 0 spiro atoms. The number of nitrogens with one attached hydrogen (secondary N) is 2. The first-order valence-corrected chi connectivity index (χ1v) is 10.4. The normalized spacial score (nSPS) is 11.4. The van der Waals surface area contributed by atoms with Gasteiger partial charge < -0.3 is 25.6 Å². The predicted octanol–water partition coefficient (Wildman–Crippen LogP) is 3.57. The summed E-state index contributed by atoms with van der Waals surface area (Å²) in [7, 11) is 0. The molecular formula is C26H20N2O6. The van der Waals surface area contributed by atoms with Crippen LogP contribution in [0.2, 0.25) is 0 Å². The van der Waals surface area contributed by atoms with Crippen molar-refractivity contribution in [3.05, 3.63) is 83.4 Å². The maximum atomic E-state index is 12.1. The lowest BCUT2D eigenvalue weighted by Crippen LogP contribution is -2.26. The summed E-state index contributed by atoms with van der Waals surface area (Å²) >= 11 is 0. The molecule has 34 heavy (non-hydrogen) atoms. The molecule has 0 heterocycles. The number of carbonyl (C=O) groups is 3. The van der Waals surface area contributed by atoms with Gasteiger partial charge in [0.25, 0.3) is 5.91 Å². The van der Waals surface area contributed by atoms with Crippen LogP contribution in [0, 0.1) is 11.8 Å². The van der Waals surface area contributed by atoms with E-state index in [2.05, 4.69) is 22.5 Å². The molecule has 0 saturated carbocycles. The lowest BCUT2D eigenvalue weighted by atomic mass is 9.98. The van der Waals surface area contributed by atoms with Gasteiger partial charge in [0.15, 0.2) is 0 Å². The van der Waals surface area contributed by atoms with E-state index in [4.69, 9.17) is 9.84 Å². The van der Waals surface area contributed by atoms with Crippen molar-refractivity contribution in [1.82, 2.24) is 5.32 Å². The quantitative estimate of drug-likeness (QED) is 0.344. The molecule has 8 heteroatoms. The van der Waals surface area contributed by atoms with Crippen LogP contribution in [0.25, 0.3) is 11.1 Å². The SMILES string of the molecule is O=C(C#CCNC(=O)OCC1c2ccccc2-c2ccccc21)Nc1cc(C(=O)O)ccc1O. The van der Waals surface area contributed by atoms with E-state index in [9.17, 15) is 19.5 Å². The Kier molecular flexibility index (Phi) is 6.46. The van der Waals surface area contributed by atoms with Gasteiger partial charge in [0.2, 0.25) is 0 Å². The van der Waals surface area contributed by atoms with E-state index in [-0.39, 0.29) is 36.1 Å². The van der Waals surface area contributed by atoms with Gasteiger partial charge in [0, 0.05) is 5.92 Å². The molecule has 0 aliphatic heterocycles. The van der Waals surface area contributed by atoms with E-state index in [0.717, 1.165) is 34.4 Å². The number of ether oxygens (including phenoxy) is 1. The van der Waals surface area contributed by atoms with Crippen molar-refractivity contribution in [2.75, 3.05) is 18.5 Å². The standard InChI is InChI=1S/C26H20N2O6/c29-23-12-11-16(25(31)32)14-22(23)28-24(30)10-5-13-27-26(33)34-15-21-19-8-3-1-6-17(19)18-7-2-4-9-20(18)21/h1-4,6-9,11-12,14,21,29H,13,15H2,(H,27,33)(H,28,30)(H,31,32). The molecule has 0 unspecified atom stereocenters. The van der Waals surface area contributed by atoms with Crippen molar-refractivity contribution >= 4 is 23.7 Å². The van der Waals surface area contributed by atoms with E-state index in [0.29, 0.717) is 0 Å². The van der Waals surface area contributed by atoms with E-state index in [1.165, 1.54) is 6.07 Å². The summed E-state index contributed by atoms with van der Waals surface area (Å²) in [5.74, 6) is 2.41. The summed E-state index contributed by atoms with van der Waals surface area (Å²) in [6.45, 7) is 0.0260. The Morgan fingerprint density at radius 1 is 0.941 bits per heavy atom. The van der Waals surface area contributed by atoms with Gasteiger partial charge >= 0.3 is 12.1 Å². The third-order valence-corrected chi connectivity index (χ3v) is 5.36. The molecule has 0 fully saturated rings. The van der Waals surface area contributed by atoms with Crippen LogP contribution >= 0.6 is 0 Å². The number of hydrogen-bond acceptors (Lipinski definition) is 5. The monoisotopic (exact) mass is 456 g/mol. The minimum Gasteiger partial charge on any atom is -0.506 e. The molecule has 0 aromatic heterocycles. The summed E-state index contributed by atoms with van der Waals surface area (Å²) in [6.07, 6.45) is -0.664. The molecule has 0 bridgehead atoms. The van der Waals surface area contributed by atoms with Crippen LogP contribution in [-0.4, -0.2) is 41.3 Å². The second kappa shape index (κ2) is 9.79. The summed E-state index contributed by atoms with van der Waals surface area (Å²) in [6, 6.07) is 19.5. The Balaban J connectivity index is 1.29. The average molecular weight is 456 g/mol. The van der Waals surface area contributed by atoms with Gasteiger partial charge in [0.1, 0.15) is 12.4 Å². The third-order valence-electron chi connectivity index (χ3n) is 5.36. The number of carbonyl (C=O) groups excluding carboxylic acids is 2. The molecule has 1 aliphatic carbocycles. The fourth-order valence-corrected chi connectivity index (χ4v) is 3.81. The number of amides is 2. The van der Waals surface area contributed by atoms with Gasteiger partial charge in [-0.15, -0.1) is 0 Å². The lowest BCUT2D eigenvalue weighted by molar-refractivity contribution is -0.111. The fourth-order valence-electron chi connectivity index (χ4n) is 3.81. The van der Waals surface area contributed by atoms with Gasteiger partial charge in [-0.1, -0.05) is 54.5 Å².